The van der Waals surface area contributed by atoms with Crippen molar-refractivity contribution in [3.8, 4) is 0 Å². The molecule has 3 fully saturated rings. The fourth-order valence-corrected chi connectivity index (χ4v) is 5.95. The van der Waals surface area contributed by atoms with Gasteiger partial charge in [0.2, 0.25) is 15.9 Å². The number of nitrogens with one attached hydrogen (secondary N) is 1. The Morgan fingerprint density at radius 1 is 1.06 bits per heavy atom. The molecule has 0 spiro atoms. The van der Waals surface area contributed by atoms with Crippen LogP contribution in [0.3, 0.4) is 0 Å². The highest BCUT2D eigenvalue weighted by molar-refractivity contribution is 7.88. The molecule has 178 valence electrons. The number of ether oxygens (including phenoxy) is 1. The number of amides is 1. The number of hydrogen-bond donors (Lipinski definition) is 1. The minimum Gasteiger partial charge on any atom is -0.376 e. The van der Waals surface area contributed by atoms with E-state index in [0.29, 0.717) is 18.5 Å². The molecule has 1 saturated heterocycles. The Labute approximate surface area is 188 Å². The molecule has 0 bridgehead atoms. The molecule has 0 aromatic heterocycles. The first-order chi connectivity index (χ1) is 15.2. The molecule has 2 aliphatic carbocycles. The van der Waals surface area contributed by atoms with Gasteiger partial charge in [0.25, 0.3) is 0 Å². The molecule has 0 unspecified atom stereocenters. The van der Waals surface area contributed by atoms with E-state index in [-0.39, 0.29) is 42.5 Å². The van der Waals surface area contributed by atoms with Crippen LogP contribution in [0, 0.1) is 17.6 Å². The lowest BCUT2D eigenvalue weighted by Gasteiger charge is -2.42. The largest absolute Gasteiger partial charge is 0.376 e. The maximum Gasteiger partial charge on any atom is 0.226 e. The third-order valence-corrected chi connectivity index (χ3v) is 7.62. The van der Waals surface area contributed by atoms with Crippen molar-refractivity contribution in [2.24, 2.45) is 5.92 Å². The van der Waals surface area contributed by atoms with Crippen LogP contribution in [-0.2, 0) is 19.6 Å². The number of hydrogen-bond acceptors (Lipinski definition) is 4. The zero-order valence-electron chi connectivity index (χ0n) is 18.4. The lowest BCUT2D eigenvalue weighted by molar-refractivity contribution is -0.139. The minimum absolute atomic E-state index is 0.0108. The van der Waals surface area contributed by atoms with Gasteiger partial charge in [-0.05, 0) is 75.0 Å². The molecular formula is C23H32F2N2O4S. The predicted molar refractivity (Wildman–Crippen MR) is 117 cm³/mol. The van der Waals surface area contributed by atoms with Crippen molar-refractivity contribution in [3.63, 3.8) is 0 Å². The van der Waals surface area contributed by atoms with Crippen LogP contribution in [0.25, 0.3) is 0 Å². The first-order valence-corrected chi connectivity index (χ1v) is 13.4. The summed E-state index contributed by atoms with van der Waals surface area (Å²) in [5.74, 6) is -0.838. The topological polar surface area (TPSA) is 75.7 Å². The summed E-state index contributed by atoms with van der Waals surface area (Å²) in [6, 6.07) is 3.02. The lowest BCUT2D eigenvalue weighted by Crippen LogP contribution is -2.59. The zero-order chi connectivity index (χ0) is 22.9. The summed E-state index contributed by atoms with van der Waals surface area (Å²) in [5.41, 5.74) is 0.687. The molecule has 1 heterocycles. The van der Waals surface area contributed by atoms with Crippen LogP contribution in [0.5, 0.6) is 0 Å². The fraction of sp³-hybridized carbons (Fsp3) is 0.696. The molecule has 1 amide bonds. The van der Waals surface area contributed by atoms with E-state index in [4.69, 9.17) is 4.74 Å². The predicted octanol–water partition coefficient (Wildman–Crippen LogP) is 3.33. The van der Waals surface area contributed by atoms with E-state index in [9.17, 15) is 22.0 Å². The third-order valence-electron chi connectivity index (χ3n) is 6.89. The van der Waals surface area contributed by atoms with E-state index in [2.05, 4.69) is 4.72 Å². The Morgan fingerprint density at radius 3 is 2.31 bits per heavy atom. The van der Waals surface area contributed by atoms with Crippen LogP contribution in [0.2, 0.25) is 0 Å². The van der Waals surface area contributed by atoms with Crippen LogP contribution in [-0.4, -0.2) is 56.8 Å². The third kappa shape index (κ3) is 6.05. The first-order valence-electron chi connectivity index (χ1n) is 11.5. The summed E-state index contributed by atoms with van der Waals surface area (Å²) < 4.78 is 59.8. The van der Waals surface area contributed by atoms with Gasteiger partial charge in [-0.3, -0.25) is 4.79 Å². The molecule has 9 heteroatoms. The van der Waals surface area contributed by atoms with Crippen LogP contribution in [0.4, 0.5) is 8.78 Å². The molecule has 0 radical (unpaired) electrons. The molecule has 4 rings (SSSR count). The van der Waals surface area contributed by atoms with Crippen molar-refractivity contribution < 1.29 is 26.7 Å². The van der Waals surface area contributed by atoms with Gasteiger partial charge in [-0.25, -0.2) is 21.9 Å². The first kappa shape index (κ1) is 23.6. The summed E-state index contributed by atoms with van der Waals surface area (Å²) in [6.45, 7) is 0.915. The highest BCUT2D eigenvalue weighted by atomic mass is 32.2. The monoisotopic (exact) mass is 470 g/mol. The van der Waals surface area contributed by atoms with Gasteiger partial charge < -0.3 is 9.64 Å². The van der Waals surface area contributed by atoms with Crippen molar-refractivity contribution in [1.82, 2.24) is 9.62 Å². The Bertz CT molecular complexity index is 910. The van der Waals surface area contributed by atoms with Crippen molar-refractivity contribution in [3.05, 3.63) is 35.4 Å². The quantitative estimate of drug-likeness (QED) is 0.663. The Hall–Kier alpha value is -1.58. The molecule has 2 atom stereocenters. The summed E-state index contributed by atoms with van der Waals surface area (Å²) in [6.07, 6.45) is 7.43. The molecule has 3 aliphatic rings. The van der Waals surface area contributed by atoms with Crippen molar-refractivity contribution >= 4 is 15.9 Å². The van der Waals surface area contributed by atoms with E-state index in [1.807, 2.05) is 4.90 Å². The number of halogens is 2. The van der Waals surface area contributed by atoms with E-state index in [0.717, 1.165) is 57.3 Å². The van der Waals surface area contributed by atoms with E-state index < -0.39 is 21.7 Å². The molecule has 1 aliphatic heterocycles. The molecule has 1 N–H and O–H groups in total. The lowest BCUT2D eigenvalue weighted by atomic mass is 9.82. The number of carbonyl (C=O) groups is 1. The minimum atomic E-state index is -3.40. The summed E-state index contributed by atoms with van der Waals surface area (Å²) in [5, 5.41) is 0. The average Bonchev–Trinajstić information content (AvgIpc) is 3.56. The number of sulfonamides is 1. The molecule has 1 aromatic carbocycles. The second kappa shape index (κ2) is 9.73. The van der Waals surface area contributed by atoms with E-state index in [1.165, 1.54) is 12.1 Å². The number of rotatable bonds is 7. The second-order valence-electron chi connectivity index (χ2n) is 9.52. The van der Waals surface area contributed by atoms with Gasteiger partial charge in [0, 0.05) is 24.6 Å². The fourth-order valence-electron chi connectivity index (χ4n) is 5.12. The van der Waals surface area contributed by atoms with Gasteiger partial charge in [0.15, 0.2) is 0 Å². The van der Waals surface area contributed by atoms with Crippen LogP contribution < -0.4 is 4.72 Å². The van der Waals surface area contributed by atoms with Gasteiger partial charge >= 0.3 is 0 Å². The van der Waals surface area contributed by atoms with Gasteiger partial charge in [-0.15, -0.1) is 0 Å². The number of carbonyl (C=O) groups excluding carboxylic acids is 1. The Balaban J connectivity index is 1.37. The average molecular weight is 471 g/mol. The number of nitrogens with zero attached hydrogens (tertiary/aromatic N) is 1. The maximum absolute atomic E-state index is 13.6. The van der Waals surface area contributed by atoms with Crippen molar-refractivity contribution in [1.29, 1.82) is 0 Å². The van der Waals surface area contributed by atoms with Crippen LogP contribution in [0.15, 0.2) is 18.2 Å². The molecule has 6 nitrogen and oxygen atoms in total. The van der Waals surface area contributed by atoms with Crippen molar-refractivity contribution in [2.75, 3.05) is 19.4 Å². The summed E-state index contributed by atoms with van der Waals surface area (Å²) in [4.78, 5) is 14.6. The standard InChI is InChI=1S/C23H32F2N2O4S/c1-32(29,30)26-21-3-2-10-27(23(28)16-4-5-16)22(21)14-31-20-8-6-15(7-9-20)17-11-18(24)13-19(25)12-17/h11-13,15-16,20-22,26H,2-10,14H2,1H3/t15-,20+,21-,22-/m0/s1. The second-order valence-corrected chi connectivity index (χ2v) is 11.3. The Kier molecular flexibility index (Phi) is 7.17. The number of piperidine rings is 1. The number of benzene rings is 1. The number of likely N-dealkylation sites (tertiary alicyclic amines) is 1. The van der Waals surface area contributed by atoms with Crippen molar-refractivity contribution in [2.45, 2.75) is 75.5 Å². The van der Waals surface area contributed by atoms with E-state index >= 15 is 0 Å². The highest BCUT2D eigenvalue weighted by Crippen LogP contribution is 2.36. The van der Waals surface area contributed by atoms with Crippen LogP contribution in [0.1, 0.15) is 62.8 Å². The maximum atomic E-state index is 13.6. The van der Waals surface area contributed by atoms with Gasteiger partial charge in [-0.2, -0.15) is 0 Å². The smallest absolute Gasteiger partial charge is 0.226 e. The molecule has 2 saturated carbocycles. The van der Waals surface area contributed by atoms with Gasteiger partial charge in [0.05, 0.1) is 25.0 Å². The molecule has 1 aromatic rings. The normalized spacial score (nSPS) is 29.2. The highest BCUT2D eigenvalue weighted by Gasteiger charge is 2.41. The van der Waals surface area contributed by atoms with Gasteiger partial charge in [-0.1, -0.05) is 0 Å². The molecule has 32 heavy (non-hydrogen) atoms. The summed E-state index contributed by atoms with van der Waals surface area (Å²) in [7, 11) is -3.40. The van der Waals surface area contributed by atoms with Crippen LogP contribution >= 0.6 is 0 Å². The summed E-state index contributed by atoms with van der Waals surface area (Å²) >= 11 is 0. The Morgan fingerprint density at radius 2 is 1.72 bits per heavy atom. The van der Waals surface area contributed by atoms with E-state index in [1.54, 1.807) is 0 Å². The van der Waals surface area contributed by atoms with Gasteiger partial charge in [0.1, 0.15) is 11.6 Å². The molecular weight excluding hydrogens is 438 g/mol. The SMILES string of the molecule is CS(=O)(=O)N[C@H]1CCCN(C(=O)C2CC2)[C@H]1CO[C@H]1CC[C@@H](c2cc(F)cc(F)c2)CC1. The zero-order valence-corrected chi connectivity index (χ0v) is 19.3.